The SMILES string of the molecule is CC/C(=C/CNc1cccc(OC)c1)C(=O)O. The van der Waals surface area contributed by atoms with Crippen LogP contribution in [-0.4, -0.2) is 24.7 Å². The molecule has 0 aliphatic heterocycles. The van der Waals surface area contributed by atoms with E-state index < -0.39 is 5.97 Å². The summed E-state index contributed by atoms with van der Waals surface area (Å²) >= 11 is 0. The number of methoxy groups -OCH3 is 1. The summed E-state index contributed by atoms with van der Waals surface area (Å²) in [6.07, 6.45) is 2.21. The number of hydrogen-bond acceptors (Lipinski definition) is 3. The molecule has 0 saturated heterocycles. The lowest BCUT2D eigenvalue weighted by molar-refractivity contribution is -0.132. The molecule has 0 radical (unpaired) electrons. The first-order valence-corrected chi connectivity index (χ1v) is 5.47. The average Bonchev–Trinajstić information content (AvgIpc) is 2.34. The highest BCUT2D eigenvalue weighted by molar-refractivity contribution is 5.86. The topological polar surface area (TPSA) is 58.6 Å². The molecule has 0 amide bonds. The monoisotopic (exact) mass is 235 g/mol. The first-order valence-electron chi connectivity index (χ1n) is 5.47. The molecule has 0 aliphatic carbocycles. The van der Waals surface area contributed by atoms with Crippen molar-refractivity contribution in [3.05, 3.63) is 35.9 Å². The van der Waals surface area contributed by atoms with Gasteiger partial charge in [-0.05, 0) is 18.6 Å². The van der Waals surface area contributed by atoms with Crippen molar-refractivity contribution in [2.45, 2.75) is 13.3 Å². The van der Waals surface area contributed by atoms with Gasteiger partial charge in [-0.15, -0.1) is 0 Å². The van der Waals surface area contributed by atoms with E-state index in [4.69, 9.17) is 9.84 Å². The fourth-order valence-corrected chi connectivity index (χ4v) is 1.41. The van der Waals surface area contributed by atoms with Crippen LogP contribution in [0.15, 0.2) is 35.9 Å². The van der Waals surface area contributed by atoms with Crippen molar-refractivity contribution in [2.24, 2.45) is 0 Å². The van der Waals surface area contributed by atoms with Gasteiger partial charge in [0.15, 0.2) is 0 Å². The maximum Gasteiger partial charge on any atom is 0.331 e. The lowest BCUT2D eigenvalue weighted by atomic mass is 10.2. The molecule has 0 atom stereocenters. The van der Waals surface area contributed by atoms with E-state index in [1.807, 2.05) is 31.2 Å². The predicted molar refractivity (Wildman–Crippen MR) is 67.5 cm³/mol. The zero-order valence-electron chi connectivity index (χ0n) is 10.1. The second kappa shape index (κ2) is 6.58. The molecule has 4 nitrogen and oxygen atoms in total. The number of benzene rings is 1. The normalized spacial score (nSPS) is 11.1. The molecule has 0 heterocycles. The van der Waals surface area contributed by atoms with Crippen molar-refractivity contribution in [1.82, 2.24) is 0 Å². The third kappa shape index (κ3) is 4.18. The molecule has 2 N–H and O–H groups in total. The first kappa shape index (κ1) is 13.1. The maximum absolute atomic E-state index is 10.8. The minimum Gasteiger partial charge on any atom is -0.497 e. The molecule has 0 aliphatic rings. The number of aliphatic carboxylic acids is 1. The Morgan fingerprint density at radius 3 is 2.88 bits per heavy atom. The van der Waals surface area contributed by atoms with Gasteiger partial charge in [-0.2, -0.15) is 0 Å². The fourth-order valence-electron chi connectivity index (χ4n) is 1.41. The van der Waals surface area contributed by atoms with Crippen molar-refractivity contribution < 1.29 is 14.6 Å². The molecule has 4 heteroatoms. The van der Waals surface area contributed by atoms with Crippen LogP contribution in [0, 0.1) is 0 Å². The van der Waals surface area contributed by atoms with Gasteiger partial charge in [-0.25, -0.2) is 4.79 Å². The van der Waals surface area contributed by atoms with Crippen LogP contribution in [-0.2, 0) is 4.79 Å². The minimum absolute atomic E-state index is 0.417. The van der Waals surface area contributed by atoms with Gasteiger partial charge in [0.1, 0.15) is 5.75 Å². The van der Waals surface area contributed by atoms with Crippen LogP contribution >= 0.6 is 0 Å². The highest BCUT2D eigenvalue weighted by Crippen LogP contribution is 2.16. The van der Waals surface area contributed by atoms with Crippen LogP contribution in [0.5, 0.6) is 5.75 Å². The van der Waals surface area contributed by atoms with Crippen LogP contribution in [0.2, 0.25) is 0 Å². The van der Waals surface area contributed by atoms with Crippen LogP contribution in [0.3, 0.4) is 0 Å². The van der Waals surface area contributed by atoms with Gasteiger partial charge < -0.3 is 15.2 Å². The smallest absolute Gasteiger partial charge is 0.331 e. The highest BCUT2D eigenvalue weighted by Gasteiger charge is 2.02. The number of anilines is 1. The summed E-state index contributed by atoms with van der Waals surface area (Å²) in [4.78, 5) is 10.8. The van der Waals surface area contributed by atoms with E-state index >= 15 is 0 Å². The van der Waals surface area contributed by atoms with E-state index in [1.165, 1.54) is 0 Å². The van der Waals surface area contributed by atoms with Crippen LogP contribution in [0.4, 0.5) is 5.69 Å². The van der Waals surface area contributed by atoms with Crippen molar-refractivity contribution in [3.8, 4) is 5.75 Å². The Morgan fingerprint density at radius 2 is 2.29 bits per heavy atom. The van der Waals surface area contributed by atoms with Crippen molar-refractivity contribution in [2.75, 3.05) is 19.0 Å². The molecule has 1 aromatic carbocycles. The minimum atomic E-state index is -0.861. The number of carbonyl (C=O) groups is 1. The van der Waals surface area contributed by atoms with Gasteiger partial charge in [0.2, 0.25) is 0 Å². The molecule has 0 aromatic heterocycles. The molecule has 0 fully saturated rings. The number of hydrogen-bond donors (Lipinski definition) is 2. The average molecular weight is 235 g/mol. The summed E-state index contributed by atoms with van der Waals surface area (Å²) in [6.45, 7) is 2.31. The van der Waals surface area contributed by atoms with Gasteiger partial charge in [0.25, 0.3) is 0 Å². The molecule has 0 saturated carbocycles. The number of rotatable bonds is 6. The molecule has 0 spiro atoms. The second-order valence-electron chi connectivity index (χ2n) is 3.50. The summed E-state index contributed by atoms with van der Waals surface area (Å²) in [6, 6.07) is 7.50. The Balaban J connectivity index is 2.58. The molecule has 1 rings (SSSR count). The zero-order valence-corrected chi connectivity index (χ0v) is 10.1. The Kier molecular flexibility index (Phi) is 5.07. The second-order valence-corrected chi connectivity index (χ2v) is 3.50. The number of nitrogens with one attached hydrogen (secondary N) is 1. The molecule has 1 aromatic rings. The molecule has 17 heavy (non-hydrogen) atoms. The molecule has 0 unspecified atom stereocenters. The third-order valence-electron chi connectivity index (χ3n) is 2.38. The Bertz CT molecular complexity index is 413. The molecule has 0 bridgehead atoms. The largest absolute Gasteiger partial charge is 0.497 e. The van der Waals surface area contributed by atoms with Gasteiger partial charge >= 0.3 is 5.97 Å². The summed E-state index contributed by atoms with van der Waals surface area (Å²) in [5.74, 6) is -0.0899. The van der Waals surface area contributed by atoms with E-state index in [-0.39, 0.29) is 0 Å². The Labute approximate surface area is 101 Å². The van der Waals surface area contributed by atoms with Crippen molar-refractivity contribution in [1.29, 1.82) is 0 Å². The van der Waals surface area contributed by atoms with Gasteiger partial charge in [0, 0.05) is 23.9 Å². The third-order valence-corrected chi connectivity index (χ3v) is 2.38. The van der Waals surface area contributed by atoms with Gasteiger partial charge in [-0.3, -0.25) is 0 Å². The van der Waals surface area contributed by atoms with Crippen LogP contribution < -0.4 is 10.1 Å². The van der Waals surface area contributed by atoms with Crippen LogP contribution in [0.25, 0.3) is 0 Å². The highest BCUT2D eigenvalue weighted by atomic mass is 16.5. The van der Waals surface area contributed by atoms with E-state index in [0.717, 1.165) is 11.4 Å². The van der Waals surface area contributed by atoms with E-state index in [2.05, 4.69) is 5.32 Å². The maximum atomic E-state index is 10.8. The first-order chi connectivity index (χ1) is 8.17. The predicted octanol–water partition coefficient (Wildman–Crippen LogP) is 2.53. The lowest BCUT2D eigenvalue weighted by Crippen LogP contribution is -2.04. The standard InChI is InChI=1S/C13H17NO3/c1-3-10(13(15)16)7-8-14-11-5-4-6-12(9-11)17-2/h4-7,9,14H,3,8H2,1-2H3,(H,15,16)/b10-7-. The van der Waals surface area contributed by atoms with Crippen molar-refractivity contribution >= 4 is 11.7 Å². The summed E-state index contributed by atoms with van der Waals surface area (Å²) < 4.78 is 5.09. The Hall–Kier alpha value is -1.97. The summed E-state index contributed by atoms with van der Waals surface area (Å²) in [5.41, 5.74) is 1.32. The summed E-state index contributed by atoms with van der Waals surface area (Å²) in [5, 5.41) is 12.0. The van der Waals surface area contributed by atoms with Crippen LogP contribution in [0.1, 0.15) is 13.3 Å². The van der Waals surface area contributed by atoms with Crippen molar-refractivity contribution in [3.63, 3.8) is 0 Å². The number of carboxylic acid groups (broad SMARTS) is 1. The summed E-state index contributed by atoms with van der Waals surface area (Å²) in [7, 11) is 1.61. The Morgan fingerprint density at radius 1 is 1.53 bits per heavy atom. The lowest BCUT2D eigenvalue weighted by Gasteiger charge is -2.06. The molecular weight excluding hydrogens is 218 g/mol. The van der Waals surface area contributed by atoms with E-state index in [1.54, 1.807) is 13.2 Å². The van der Waals surface area contributed by atoms with Gasteiger partial charge in [0.05, 0.1) is 7.11 Å². The van der Waals surface area contributed by atoms with Gasteiger partial charge in [-0.1, -0.05) is 19.1 Å². The molecular formula is C13H17NO3. The number of ether oxygens (including phenoxy) is 1. The molecule has 92 valence electrons. The fraction of sp³-hybridized carbons (Fsp3) is 0.308. The zero-order chi connectivity index (χ0) is 12.7. The van der Waals surface area contributed by atoms with E-state index in [0.29, 0.717) is 18.5 Å². The number of carboxylic acids is 1. The van der Waals surface area contributed by atoms with E-state index in [9.17, 15) is 4.79 Å². The quantitative estimate of drug-likeness (QED) is 0.744.